The lowest BCUT2D eigenvalue weighted by Gasteiger charge is -2.14. The Morgan fingerprint density at radius 1 is 1.39 bits per heavy atom. The Morgan fingerprint density at radius 2 is 2.06 bits per heavy atom. The number of nitrogens with one attached hydrogen (secondary N) is 2. The second-order valence-electron chi connectivity index (χ2n) is 4.41. The molecule has 2 N–H and O–H groups in total. The molecule has 1 rings (SSSR count). The molecule has 0 aromatic heterocycles. The van der Waals surface area contributed by atoms with Gasteiger partial charge in [-0.05, 0) is 42.3 Å². The molecule has 0 aliphatic heterocycles. The highest BCUT2D eigenvalue weighted by Gasteiger charge is 2.06. The Balaban J connectivity index is 2.67. The number of nitrogens with zero attached hydrogens (tertiary/aromatic N) is 1. The summed E-state index contributed by atoms with van der Waals surface area (Å²) in [5, 5.41) is 7.58. The van der Waals surface area contributed by atoms with Crippen molar-refractivity contribution >= 4 is 29.2 Å². The molecule has 18 heavy (non-hydrogen) atoms. The summed E-state index contributed by atoms with van der Waals surface area (Å²) in [5.41, 5.74) is 5.86. The van der Waals surface area contributed by atoms with E-state index in [1.165, 1.54) is 5.56 Å². The minimum Gasteiger partial charge on any atom is -0.331 e. The molecule has 0 amide bonds. The van der Waals surface area contributed by atoms with Gasteiger partial charge in [-0.25, -0.2) is 0 Å². The van der Waals surface area contributed by atoms with Crippen molar-refractivity contribution in [3.8, 4) is 0 Å². The van der Waals surface area contributed by atoms with Crippen molar-refractivity contribution in [3.05, 3.63) is 42.0 Å². The van der Waals surface area contributed by atoms with E-state index in [0.717, 1.165) is 11.3 Å². The maximum atomic E-state index is 5.17. The van der Waals surface area contributed by atoms with E-state index in [-0.39, 0.29) is 0 Å². The minimum atomic E-state index is 0.440. The second kappa shape index (κ2) is 6.91. The van der Waals surface area contributed by atoms with Gasteiger partial charge in [0.05, 0.1) is 0 Å². The topological polar surface area (TPSA) is 36.4 Å². The van der Waals surface area contributed by atoms with E-state index >= 15 is 0 Å². The van der Waals surface area contributed by atoms with E-state index in [4.69, 9.17) is 12.2 Å². The maximum Gasteiger partial charge on any atom is 0.191 e. The third kappa shape index (κ3) is 4.67. The number of hydrazone groups is 1. The summed E-state index contributed by atoms with van der Waals surface area (Å²) in [4.78, 5) is 0. The molecule has 1 aromatic rings. The quantitative estimate of drug-likeness (QED) is 0.493. The van der Waals surface area contributed by atoms with Crippen molar-refractivity contribution in [2.75, 3.05) is 5.32 Å². The molecule has 96 valence electrons. The van der Waals surface area contributed by atoms with Crippen molar-refractivity contribution in [2.24, 2.45) is 5.10 Å². The summed E-state index contributed by atoms with van der Waals surface area (Å²) in [6.45, 7) is 9.89. The fourth-order valence-electron chi connectivity index (χ4n) is 1.47. The average Bonchev–Trinajstić information content (AvgIpc) is 2.28. The molecule has 0 saturated heterocycles. The zero-order chi connectivity index (χ0) is 13.5. The Bertz CT molecular complexity index is 464. The van der Waals surface area contributed by atoms with Crippen LogP contribution < -0.4 is 10.7 Å². The van der Waals surface area contributed by atoms with Crippen LogP contribution >= 0.6 is 12.2 Å². The predicted molar refractivity (Wildman–Crippen MR) is 83.2 cm³/mol. The highest BCUT2D eigenvalue weighted by atomic mass is 32.1. The van der Waals surface area contributed by atoms with Crippen LogP contribution in [0.25, 0.3) is 0 Å². The summed E-state index contributed by atoms with van der Waals surface area (Å²) in [5.74, 6) is 0.440. The fraction of sp³-hybridized carbons (Fsp3) is 0.286. The zero-order valence-corrected chi connectivity index (χ0v) is 11.8. The first-order chi connectivity index (χ1) is 8.50. The number of hydrogen-bond donors (Lipinski definition) is 2. The first-order valence-electron chi connectivity index (χ1n) is 5.85. The second-order valence-corrected chi connectivity index (χ2v) is 4.82. The molecule has 0 aliphatic carbocycles. The summed E-state index contributed by atoms with van der Waals surface area (Å²) in [6, 6.07) is 8.10. The van der Waals surface area contributed by atoms with Crippen molar-refractivity contribution in [2.45, 2.75) is 26.7 Å². The molecule has 0 bridgehead atoms. The van der Waals surface area contributed by atoms with Crippen molar-refractivity contribution in [1.82, 2.24) is 5.43 Å². The third-order valence-corrected chi connectivity index (χ3v) is 2.48. The van der Waals surface area contributed by atoms with Crippen LogP contribution in [0, 0.1) is 0 Å². The lowest BCUT2D eigenvalue weighted by molar-refractivity contribution is 0.869. The Kier molecular flexibility index (Phi) is 5.52. The van der Waals surface area contributed by atoms with Crippen LogP contribution in [-0.2, 0) is 0 Å². The number of hydrogen-bond acceptors (Lipinski definition) is 2. The molecule has 0 heterocycles. The van der Waals surface area contributed by atoms with Crippen LogP contribution in [0.1, 0.15) is 32.3 Å². The van der Waals surface area contributed by atoms with Gasteiger partial charge < -0.3 is 5.32 Å². The molecule has 4 heteroatoms. The number of rotatable bonds is 4. The lowest BCUT2D eigenvalue weighted by atomic mass is 10.0. The minimum absolute atomic E-state index is 0.440. The predicted octanol–water partition coefficient (Wildman–Crippen LogP) is 3.66. The van der Waals surface area contributed by atoms with Crippen LogP contribution in [0.15, 0.2) is 41.5 Å². The average molecular weight is 261 g/mol. The summed E-state index contributed by atoms with van der Waals surface area (Å²) >= 11 is 5.17. The van der Waals surface area contributed by atoms with Crippen molar-refractivity contribution in [3.63, 3.8) is 0 Å². The standard InChI is InChI=1S/C14H19N3S/c1-10(2)9-15-17-14(18)16-13-8-6-5-7-12(13)11(3)4/h5-9,11H,1H2,2-4H3,(H2,16,17,18)/b15-9+. The number of para-hydroxylation sites is 1. The zero-order valence-electron chi connectivity index (χ0n) is 11.0. The largest absolute Gasteiger partial charge is 0.331 e. The summed E-state index contributed by atoms with van der Waals surface area (Å²) in [6.07, 6.45) is 1.63. The van der Waals surface area contributed by atoms with E-state index in [0.29, 0.717) is 11.0 Å². The summed E-state index contributed by atoms with van der Waals surface area (Å²) < 4.78 is 0. The summed E-state index contributed by atoms with van der Waals surface area (Å²) in [7, 11) is 0. The molecule has 0 fully saturated rings. The van der Waals surface area contributed by atoms with Crippen LogP contribution in [-0.4, -0.2) is 11.3 Å². The molecule has 0 unspecified atom stereocenters. The molecule has 0 saturated carbocycles. The highest BCUT2D eigenvalue weighted by Crippen LogP contribution is 2.23. The fourth-order valence-corrected chi connectivity index (χ4v) is 1.63. The molecule has 0 aliphatic rings. The Hall–Kier alpha value is -1.68. The maximum absolute atomic E-state index is 5.17. The molecule has 1 aromatic carbocycles. The van der Waals surface area contributed by atoms with Crippen LogP contribution in [0.5, 0.6) is 0 Å². The van der Waals surface area contributed by atoms with Gasteiger partial charge in [-0.15, -0.1) is 0 Å². The first-order valence-corrected chi connectivity index (χ1v) is 6.26. The van der Waals surface area contributed by atoms with E-state index in [9.17, 15) is 0 Å². The number of thiocarbonyl (C=S) groups is 1. The van der Waals surface area contributed by atoms with Gasteiger partial charge in [-0.1, -0.05) is 38.6 Å². The highest BCUT2D eigenvalue weighted by molar-refractivity contribution is 7.80. The Labute approximate surface area is 114 Å². The normalized spacial score (nSPS) is 10.7. The van der Waals surface area contributed by atoms with Gasteiger partial charge in [0.15, 0.2) is 5.11 Å². The molecule has 0 spiro atoms. The van der Waals surface area contributed by atoms with Gasteiger partial charge in [0.1, 0.15) is 0 Å². The van der Waals surface area contributed by atoms with Gasteiger partial charge in [0.2, 0.25) is 0 Å². The third-order valence-electron chi connectivity index (χ3n) is 2.28. The smallest absolute Gasteiger partial charge is 0.191 e. The molecule has 0 atom stereocenters. The number of benzene rings is 1. The Morgan fingerprint density at radius 3 is 2.67 bits per heavy atom. The molecule has 0 radical (unpaired) electrons. The van der Waals surface area contributed by atoms with E-state index in [1.54, 1.807) is 6.21 Å². The SMILES string of the molecule is C=C(C)/C=N/NC(=S)Nc1ccccc1C(C)C. The van der Waals surface area contributed by atoms with Gasteiger partial charge in [-0.3, -0.25) is 5.43 Å². The van der Waals surface area contributed by atoms with E-state index < -0.39 is 0 Å². The number of allylic oxidation sites excluding steroid dienone is 1. The van der Waals surface area contributed by atoms with Crippen LogP contribution in [0.4, 0.5) is 5.69 Å². The van der Waals surface area contributed by atoms with Crippen LogP contribution in [0.2, 0.25) is 0 Å². The van der Waals surface area contributed by atoms with Gasteiger partial charge >= 0.3 is 0 Å². The van der Waals surface area contributed by atoms with Crippen LogP contribution in [0.3, 0.4) is 0 Å². The number of anilines is 1. The van der Waals surface area contributed by atoms with Gasteiger partial charge in [0.25, 0.3) is 0 Å². The van der Waals surface area contributed by atoms with Crippen molar-refractivity contribution in [1.29, 1.82) is 0 Å². The first kappa shape index (κ1) is 14.4. The van der Waals surface area contributed by atoms with Crippen molar-refractivity contribution < 1.29 is 0 Å². The van der Waals surface area contributed by atoms with E-state index in [2.05, 4.69) is 42.3 Å². The van der Waals surface area contributed by atoms with Gasteiger partial charge in [0, 0.05) is 11.9 Å². The molecule has 3 nitrogen and oxygen atoms in total. The van der Waals surface area contributed by atoms with E-state index in [1.807, 2.05) is 25.1 Å². The lowest BCUT2D eigenvalue weighted by Crippen LogP contribution is -2.24. The monoisotopic (exact) mass is 261 g/mol. The van der Waals surface area contributed by atoms with Gasteiger partial charge in [-0.2, -0.15) is 5.10 Å². The molecular formula is C14H19N3S. The molecular weight excluding hydrogens is 242 g/mol.